The lowest BCUT2D eigenvalue weighted by molar-refractivity contribution is -0.113. The van der Waals surface area contributed by atoms with Crippen LogP contribution in [0.25, 0.3) is 11.1 Å². The van der Waals surface area contributed by atoms with Crippen LogP contribution < -0.4 is 0 Å². The van der Waals surface area contributed by atoms with Crippen molar-refractivity contribution in [3.63, 3.8) is 0 Å². The highest BCUT2D eigenvalue weighted by molar-refractivity contribution is 9.09. The summed E-state index contributed by atoms with van der Waals surface area (Å²) in [5, 5.41) is 0. The lowest BCUT2D eigenvalue weighted by atomic mass is 9.97. The van der Waals surface area contributed by atoms with E-state index in [1.54, 1.807) is 22.7 Å². The van der Waals surface area contributed by atoms with Crippen molar-refractivity contribution < 1.29 is 4.79 Å². The summed E-state index contributed by atoms with van der Waals surface area (Å²) in [7, 11) is 0. The molecule has 4 heteroatoms. The van der Waals surface area contributed by atoms with Gasteiger partial charge in [0, 0.05) is 36.3 Å². The molecular formula is C17H17BrOS2. The van der Waals surface area contributed by atoms with Gasteiger partial charge in [0.25, 0.3) is 0 Å². The maximum atomic E-state index is 12.6. The molecule has 2 heterocycles. The van der Waals surface area contributed by atoms with Crippen LogP contribution in [0, 0.1) is 27.7 Å². The minimum Gasteiger partial charge on any atom is -0.294 e. The van der Waals surface area contributed by atoms with E-state index in [0.717, 1.165) is 11.1 Å². The second-order valence-electron chi connectivity index (χ2n) is 5.54. The second kappa shape index (κ2) is 5.49. The molecule has 1 aliphatic rings. The molecule has 0 bridgehead atoms. The summed E-state index contributed by atoms with van der Waals surface area (Å²) < 4.78 is 0. The molecule has 0 aliphatic heterocycles. The van der Waals surface area contributed by atoms with Crippen LogP contribution in [0.3, 0.4) is 0 Å². The number of rotatable bonds is 2. The van der Waals surface area contributed by atoms with Gasteiger partial charge in [-0.3, -0.25) is 4.79 Å². The fourth-order valence-corrected chi connectivity index (χ4v) is 5.69. The van der Waals surface area contributed by atoms with Gasteiger partial charge in [-0.25, -0.2) is 0 Å². The highest BCUT2D eigenvalue weighted by atomic mass is 79.9. The fraction of sp³-hybridized carbons (Fsp3) is 0.353. The standard InChI is InChI=1S/C17H17BrOS2/c1-8-5-12(10(3)20-8)16-14(18)7-15(19)17(16)13-6-9(2)21-11(13)4/h5-6,14H,7H2,1-4H3. The molecule has 1 aliphatic carbocycles. The van der Waals surface area contributed by atoms with Crippen molar-refractivity contribution >= 4 is 55.5 Å². The second-order valence-corrected chi connectivity index (χ2v) is 9.56. The summed E-state index contributed by atoms with van der Waals surface area (Å²) in [5.41, 5.74) is 4.48. The van der Waals surface area contributed by atoms with Crippen LogP contribution in [0.2, 0.25) is 0 Å². The third kappa shape index (κ3) is 2.58. The summed E-state index contributed by atoms with van der Waals surface area (Å²) in [6, 6.07) is 4.38. The zero-order chi connectivity index (χ0) is 15.3. The van der Waals surface area contributed by atoms with E-state index < -0.39 is 0 Å². The minimum atomic E-state index is 0.132. The number of hydrogen-bond donors (Lipinski definition) is 0. The molecule has 3 rings (SSSR count). The first-order valence-corrected chi connectivity index (χ1v) is 9.49. The van der Waals surface area contributed by atoms with Crippen molar-refractivity contribution in [1.82, 2.24) is 0 Å². The van der Waals surface area contributed by atoms with E-state index in [1.165, 1.54) is 30.6 Å². The molecule has 0 saturated carbocycles. The molecule has 0 N–H and O–H groups in total. The van der Waals surface area contributed by atoms with Gasteiger partial charge in [0.15, 0.2) is 5.78 Å². The zero-order valence-corrected chi connectivity index (χ0v) is 15.8. The SMILES string of the molecule is Cc1cc(C2=C(c3cc(C)sc3C)C(Br)CC2=O)c(C)s1. The Morgan fingerprint density at radius 3 is 2.00 bits per heavy atom. The lowest BCUT2D eigenvalue weighted by Gasteiger charge is -2.09. The lowest BCUT2D eigenvalue weighted by Crippen LogP contribution is -1.97. The number of alkyl halides is 1. The number of carbonyl (C=O) groups excluding carboxylic acids is 1. The van der Waals surface area contributed by atoms with Crippen molar-refractivity contribution in [3.8, 4) is 0 Å². The Morgan fingerprint density at radius 1 is 1.00 bits per heavy atom. The molecule has 2 aromatic rings. The summed E-state index contributed by atoms with van der Waals surface area (Å²) >= 11 is 7.29. The quantitative estimate of drug-likeness (QED) is 0.611. The molecule has 2 aromatic heterocycles. The first-order valence-electron chi connectivity index (χ1n) is 6.94. The van der Waals surface area contributed by atoms with E-state index in [2.05, 4.69) is 55.8 Å². The van der Waals surface area contributed by atoms with Crippen LogP contribution in [0.1, 0.15) is 37.1 Å². The van der Waals surface area contributed by atoms with Gasteiger partial charge in [0.2, 0.25) is 0 Å². The topological polar surface area (TPSA) is 17.1 Å². The smallest absolute Gasteiger partial charge is 0.165 e. The molecular weight excluding hydrogens is 364 g/mol. The number of aryl methyl sites for hydroxylation is 4. The van der Waals surface area contributed by atoms with E-state index in [-0.39, 0.29) is 10.6 Å². The molecule has 0 aromatic carbocycles. The Hall–Kier alpha value is -0.710. The first kappa shape index (κ1) is 15.2. The number of hydrogen-bond acceptors (Lipinski definition) is 3. The predicted octanol–water partition coefficient (Wildman–Crippen LogP) is 5.69. The molecule has 0 radical (unpaired) electrons. The van der Waals surface area contributed by atoms with Crippen LogP contribution in [-0.4, -0.2) is 10.6 Å². The maximum Gasteiger partial charge on any atom is 0.165 e. The van der Waals surface area contributed by atoms with Gasteiger partial charge in [-0.15, -0.1) is 22.7 Å². The Morgan fingerprint density at radius 2 is 1.52 bits per heavy atom. The normalized spacial score (nSPS) is 18.9. The average Bonchev–Trinajstić information content (AvgIpc) is 2.96. The summed E-state index contributed by atoms with van der Waals surface area (Å²) in [5.74, 6) is 0.260. The van der Waals surface area contributed by atoms with Crippen molar-refractivity contribution in [2.24, 2.45) is 0 Å². The number of thiophene rings is 2. The minimum absolute atomic E-state index is 0.132. The first-order chi connectivity index (χ1) is 9.88. The van der Waals surface area contributed by atoms with Gasteiger partial charge in [-0.1, -0.05) is 15.9 Å². The molecule has 1 atom stereocenters. The van der Waals surface area contributed by atoms with E-state index in [9.17, 15) is 4.79 Å². The van der Waals surface area contributed by atoms with E-state index in [0.29, 0.717) is 6.42 Å². The highest BCUT2D eigenvalue weighted by Crippen LogP contribution is 2.45. The molecule has 0 amide bonds. The van der Waals surface area contributed by atoms with Crippen molar-refractivity contribution in [2.75, 3.05) is 0 Å². The van der Waals surface area contributed by atoms with Crippen molar-refractivity contribution in [3.05, 3.63) is 42.8 Å². The van der Waals surface area contributed by atoms with E-state index in [4.69, 9.17) is 0 Å². The van der Waals surface area contributed by atoms with Crippen LogP contribution in [0.4, 0.5) is 0 Å². The Balaban J connectivity index is 2.28. The van der Waals surface area contributed by atoms with Gasteiger partial charge in [0.1, 0.15) is 0 Å². The summed E-state index contributed by atoms with van der Waals surface area (Å²) in [6.45, 7) is 8.48. The Labute approximate surface area is 141 Å². The third-order valence-electron chi connectivity index (χ3n) is 3.87. The third-order valence-corrected chi connectivity index (χ3v) is 6.58. The van der Waals surface area contributed by atoms with Gasteiger partial charge in [0.05, 0.1) is 0 Å². The van der Waals surface area contributed by atoms with E-state index >= 15 is 0 Å². The van der Waals surface area contributed by atoms with Gasteiger partial charge in [-0.2, -0.15) is 0 Å². The summed E-state index contributed by atoms with van der Waals surface area (Å²) in [4.78, 5) is 17.8. The van der Waals surface area contributed by atoms with Crippen molar-refractivity contribution in [2.45, 2.75) is 38.9 Å². The Bertz CT molecular complexity index is 764. The van der Waals surface area contributed by atoms with Crippen LogP contribution in [0.5, 0.6) is 0 Å². The largest absolute Gasteiger partial charge is 0.294 e. The number of allylic oxidation sites excluding steroid dienone is 2. The van der Waals surface area contributed by atoms with Crippen LogP contribution >= 0.6 is 38.6 Å². The maximum absolute atomic E-state index is 12.6. The monoisotopic (exact) mass is 380 g/mol. The van der Waals surface area contributed by atoms with Gasteiger partial charge < -0.3 is 0 Å². The molecule has 110 valence electrons. The summed E-state index contributed by atoms with van der Waals surface area (Å²) in [6.07, 6.45) is 0.563. The van der Waals surface area contributed by atoms with Crippen LogP contribution in [0.15, 0.2) is 12.1 Å². The average molecular weight is 381 g/mol. The van der Waals surface area contributed by atoms with Crippen molar-refractivity contribution in [1.29, 1.82) is 0 Å². The fourth-order valence-electron chi connectivity index (χ4n) is 3.05. The molecule has 21 heavy (non-hydrogen) atoms. The molecule has 1 nitrogen and oxygen atoms in total. The number of halogens is 1. The Kier molecular flexibility index (Phi) is 3.97. The van der Waals surface area contributed by atoms with Gasteiger partial charge in [-0.05, 0) is 56.5 Å². The zero-order valence-electron chi connectivity index (χ0n) is 12.5. The molecule has 0 fully saturated rings. The number of Topliss-reactive ketones (excluding diaryl/α,β-unsaturated/α-hetero) is 1. The predicted molar refractivity (Wildman–Crippen MR) is 96.7 cm³/mol. The highest BCUT2D eigenvalue weighted by Gasteiger charge is 2.34. The number of ketones is 1. The van der Waals surface area contributed by atoms with Crippen LogP contribution in [-0.2, 0) is 4.79 Å². The molecule has 0 spiro atoms. The molecule has 1 unspecified atom stereocenters. The molecule has 0 saturated heterocycles. The van der Waals surface area contributed by atoms with Gasteiger partial charge >= 0.3 is 0 Å². The van der Waals surface area contributed by atoms with E-state index in [1.807, 2.05) is 0 Å². The number of carbonyl (C=O) groups is 1.